The molecule has 23 heavy (non-hydrogen) atoms. The molecule has 1 saturated heterocycles. The van der Waals surface area contributed by atoms with Gasteiger partial charge in [0, 0.05) is 20.1 Å². The first-order chi connectivity index (χ1) is 10.8. The van der Waals surface area contributed by atoms with Crippen molar-refractivity contribution < 1.29 is 19.5 Å². The molecule has 2 aliphatic rings. The van der Waals surface area contributed by atoms with Gasteiger partial charge in [-0.25, -0.2) is 4.39 Å². The SMILES string of the molecule is Cc1cc(F)c(Br)cc1C1=C(O)C2(CCN(O)CC2)N(C)C1=O. The standard InChI is InChI=1S/C16H18BrFN2O3/c1-9-7-12(18)11(17)8-10(9)13-14(21)16(19(2)15(13)22)3-5-20(23)6-4-16/h7-8,21,23H,3-6H2,1-2H3. The molecule has 0 aliphatic carbocycles. The van der Waals surface area contributed by atoms with E-state index in [1.165, 1.54) is 17.2 Å². The number of amides is 1. The number of carbonyl (C=O) groups excluding carboxylic acids is 1. The third-order valence-corrected chi connectivity index (χ3v) is 5.55. The maximum Gasteiger partial charge on any atom is 0.258 e. The van der Waals surface area contributed by atoms with Crippen LogP contribution in [0.15, 0.2) is 22.4 Å². The minimum absolute atomic E-state index is 0.0136. The van der Waals surface area contributed by atoms with Gasteiger partial charge in [0.15, 0.2) is 0 Å². The lowest BCUT2D eigenvalue weighted by Crippen LogP contribution is -2.53. The largest absolute Gasteiger partial charge is 0.509 e. The lowest BCUT2D eigenvalue weighted by Gasteiger charge is -2.41. The van der Waals surface area contributed by atoms with E-state index in [1.807, 2.05) is 0 Å². The first kappa shape index (κ1) is 16.4. The molecule has 3 rings (SSSR count). The van der Waals surface area contributed by atoms with Crippen LogP contribution in [-0.2, 0) is 4.79 Å². The molecule has 5 nitrogen and oxygen atoms in total. The number of carbonyl (C=O) groups is 1. The topological polar surface area (TPSA) is 64.0 Å². The maximum atomic E-state index is 13.7. The van der Waals surface area contributed by atoms with E-state index < -0.39 is 11.4 Å². The second-order valence-corrected chi connectivity index (χ2v) is 7.01. The number of hydrogen-bond acceptors (Lipinski definition) is 4. The summed E-state index contributed by atoms with van der Waals surface area (Å²) in [5.41, 5.74) is 0.539. The second-order valence-electron chi connectivity index (χ2n) is 6.15. The molecule has 1 spiro atoms. The third kappa shape index (κ3) is 2.38. The Balaban J connectivity index is 2.13. The van der Waals surface area contributed by atoms with Crippen molar-refractivity contribution in [3.05, 3.63) is 39.3 Å². The summed E-state index contributed by atoms with van der Waals surface area (Å²) in [6, 6.07) is 2.87. The van der Waals surface area contributed by atoms with Crippen LogP contribution in [0.2, 0.25) is 0 Å². The Labute approximate surface area is 142 Å². The number of piperidine rings is 1. The van der Waals surface area contributed by atoms with Crippen LogP contribution in [0.1, 0.15) is 24.0 Å². The van der Waals surface area contributed by atoms with Crippen molar-refractivity contribution in [3.8, 4) is 0 Å². The molecule has 1 fully saturated rings. The number of hydrogen-bond donors (Lipinski definition) is 2. The van der Waals surface area contributed by atoms with E-state index >= 15 is 0 Å². The van der Waals surface area contributed by atoms with Crippen molar-refractivity contribution in [2.45, 2.75) is 25.3 Å². The van der Waals surface area contributed by atoms with Crippen LogP contribution in [0.5, 0.6) is 0 Å². The lowest BCUT2D eigenvalue weighted by molar-refractivity contribution is -0.141. The number of benzene rings is 1. The fourth-order valence-electron chi connectivity index (χ4n) is 3.45. The molecule has 2 N–H and O–H groups in total. The van der Waals surface area contributed by atoms with Crippen LogP contribution < -0.4 is 0 Å². The number of nitrogens with zero attached hydrogens (tertiary/aromatic N) is 2. The number of rotatable bonds is 1. The summed E-state index contributed by atoms with van der Waals surface area (Å²) in [5, 5.41) is 21.6. The number of hydroxylamine groups is 2. The Hall–Kier alpha value is -1.44. The number of aliphatic hydroxyl groups excluding tert-OH is 1. The van der Waals surface area contributed by atoms with Gasteiger partial charge in [0.2, 0.25) is 0 Å². The van der Waals surface area contributed by atoms with E-state index in [4.69, 9.17) is 0 Å². The van der Waals surface area contributed by atoms with Gasteiger partial charge in [-0.3, -0.25) is 4.79 Å². The van der Waals surface area contributed by atoms with E-state index in [9.17, 15) is 19.5 Å². The van der Waals surface area contributed by atoms with Crippen molar-refractivity contribution in [2.24, 2.45) is 0 Å². The van der Waals surface area contributed by atoms with Gasteiger partial charge in [-0.1, -0.05) is 0 Å². The summed E-state index contributed by atoms with van der Waals surface area (Å²) in [4.78, 5) is 14.3. The molecular formula is C16H18BrFN2O3. The van der Waals surface area contributed by atoms with Crippen molar-refractivity contribution in [1.29, 1.82) is 0 Å². The predicted molar refractivity (Wildman–Crippen MR) is 86.5 cm³/mol. The minimum Gasteiger partial charge on any atom is -0.509 e. The molecule has 0 unspecified atom stereocenters. The number of aliphatic hydroxyl groups is 1. The Morgan fingerprint density at radius 3 is 2.52 bits per heavy atom. The molecule has 0 aromatic heterocycles. The van der Waals surface area contributed by atoms with Crippen LogP contribution in [0.25, 0.3) is 5.57 Å². The van der Waals surface area contributed by atoms with Crippen molar-refractivity contribution in [3.63, 3.8) is 0 Å². The molecule has 0 bridgehead atoms. The van der Waals surface area contributed by atoms with Crippen LogP contribution in [0.3, 0.4) is 0 Å². The molecular weight excluding hydrogens is 367 g/mol. The zero-order valence-electron chi connectivity index (χ0n) is 12.9. The highest BCUT2D eigenvalue weighted by atomic mass is 79.9. The van der Waals surface area contributed by atoms with Gasteiger partial charge in [0.1, 0.15) is 17.1 Å². The number of halogens is 2. The number of aryl methyl sites for hydroxylation is 1. The van der Waals surface area contributed by atoms with Gasteiger partial charge in [-0.15, -0.1) is 0 Å². The summed E-state index contributed by atoms with van der Waals surface area (Å²) in [5.74, 6) is -0.677. The maximum absolute atomic E-state index is 13.7. The molecule has 0 radical (unpaired) electrons. The fraction of sp³-hybridized carbons (Fsp3) is 0.438. The first-order valence-corrected chi connectivity index (χ1v) is 8.19. The van der Waals surface area contributed by atoms with Gasteiger partial charge in [-0.05, 0) is 59.0 Å². The third-order valence-electron chi connectivity index (χ3n) is 4.94. The Kier molecular flexibility index (Phi) is 3.98. The summed E-state index contributed by atoms with van der Waals surface area (Å²) in [6.07, 6.45) is 0.894. The van der Waals surface area contributed by atoms with Gasteiger partial charge < -0.3 is 15.2 Å². The first-order valence-electron chi connectivity index (χ1n) is 7.39. The molecule has 1 amide bonds. The summed E-state index contributed by atoms with van der Waals surface area (Å²) in [6.45, 7) is 2.46. The van der Waals surface area contributed by atoms with Gasteiger partial charge >= 0.3 is 0 Å². The van der Waals surface area contributed by atoms with Crippen molar-refractivity contribution in [2.75, 3.05) is 20.1 Å². The average molecular weight is 385 g/mol. The lowest BCUT2D eigenvalue weighted by atomic mass is 9.85. The summed E-state index contributed by atoms with van der Waals surface area (Å²) in [7, 11) is 1.66. The van der Waals surface area contributed by atoms with Crippen molar-refractivity contribution in [1.82, 2.24) is 9.96 Å². The van der Waals surface area contributed by atoms with Crippen LogP contribution in [0, 0.1) is 12.7 Å². The minimum atomic E-state index is -0.793. The van der Waals surface area contributed by atoms with E-state index in [0.717, 1.165) is 0 Å². The van der Waals surface area contributed by atoms with Gasteiger partial charge in [0.25, 0.3) is 5.91 Å². The highest BCUT2D eigenvalue weighted by Crippen LogP contribution is 2.45. The molecule has 0 atom stereocenters. The highest BCUT2D eigenvalue weighted by molar-refractivity contribution is 9.10. The van der Waals surface area contributed by atoms with Gasteiger partial charge in [0.05, 0.1) is 10.0 Å². The molecule has 2 heterocycles. The van der Waals surface area contributed by atoms with Gasteiger partial charge in [-0.2, -0.15) is 5.06 Å². The van der Waals surface area contributed by atoms with E-state index in [0.29, 0.717) is 37.1 Å². The smallest absolute Gasteiger partial charge is 0.258 e. The molecule has 124 valence electrons. The highest BCUT2D eigenvalue weighted by Gasteiger charge is 2.52. The van der Waals surface area contributed by atoms with E-state index in [2.05, 4.69) is 15.9 Å². The van der Waals surface area contributed by atoms with Crippen molar-refractivity contribution >= 4 is 27.4 Å². The van der Waals surface area contributed by atoms with E-state index in [-0.39, 0.29) is 21.7 Å². The predicted octanol–water partition coefficient (Wildman–Crippen LogP) is 2.86. The zero-order valence-corrected chi connectivity index (χ0v) is 14.5. The Morgan fingerprint density at radius 1 is 1.30 bits per heavy atom. The summed E-state index contributed by atoms with van der Waals surface area (Å²) < 4.78 is 13.9. The van der Waals surface area contributed by atoms with Crippen LogP contribution in [0.4, 0.5) is 4.39 Å². The van der Waals surface area contributed by atoms with Crippen LogP contribution >= 0.6 is 15.9 Å². The Morgan fingerprint density at radius 2 is 1.91 bits per heavy atom. The average Bonchev–Trinajstić information content (AvgIpc) is 2.68. The normalized spacial score (nSPS) is 21.6. The Bertz CT molecular complexity index is 712. The monoisotopic (exact) mass is 384 g/mol. The molecule has 2 aliphatic heterocycles. The van der Waals surface area contributed by atoms with E-state index in [1.54, 1.807) is 18.9 Å². The fourth-order valence-corrected chi connectivity index (χ4v) is 3.79. The molecule has 7 heteroatoms. The summed E-state index contributed by atoms with van der Waals surface area (Å²) >= 11 is 3.13. The van der Waals surface area contributed by atoms with Crippen LogP contribution in [-0.4, -0.2) is 51.9 Å². The zero-order chi connectivity index (χ0) is 16.9. The molecule has 1 aromatic rings. The number of likely N-dealkylation sites (N-methyl/N-ethyl adjacent to an activating group) is 1. The second kappa shape index (κ2) is 5.58. The quantitative estimate of drug-likeness (QED) is 0.781. The molecule has 0 saturated carbocycles. The molecule has 1 aromatic carbocycles.